The number of rotatable bonds is 11. The van der Waals surface area contributed by atoms with E-state index in [4.69, 9.17) is 9.73 Å². The first-order valence-corrected chi connectivity index (χ1v) is 10.7. The van der Waals surface area contributed by atoms with Gasteiger partial charge < -0.3 is 25.2 Å². The van der Waals surface area contributed by atoms with Crippen LogP contribution < -0.4 is 15.5 Å². The Morgan fingerprint density at radius 3 is 2.62 bits per heavy atom. The number of anilines is 1. The Morgan fingerprint density at radius 1 is 1.14 bits per heavy atom. The van der Waals surface area contributed by atoms with Crippen LogP contribution in [0, 0.1) is 0 Å². The molecule has 0 unspecified atom stereocenters. The van der Waals surface area contributed by atoms with Crippen LogP contribution in [0.2, 0.25) is 0 Å². The third-order valence-corrected chi connectivity index (χ3v) is 4.82. The van der Waals surface area contributed by atoms with E-state index in [1.165, 1.54) is 12.0 Å². The van der Waals surface area contributed by atoms with Gasteiger partial charge in [0.15, 0.2) is 5.96 Å². The smallest absolute Gasteiger partial charge is 0.191 e. The monoisotopic (exact) mass is 518 g/mol. The molecule has 1 fully saturated rings. The highest BCUT2D eigenvalue weighted by atomic mass is 127. The molecule has 2 heterocycles. The van der Waals surface area contributed by atoms with E-state index < -0.39 is 0 Å². The fraction of sp³-hybridized carbons (Fsp3) is 0.714. The summed E-state index contributed by atoms with van der Waals surface area (Å²) in [5, 5.41) is 6.73. The summed E-state index contributed by atoms with van der Waals surface area (Å²) in [6, 6.07) is 4.13. The average Bonchev–Trinajstić information content (AvgIpc) is 2.72. The fourth-order valence-corrected chi connectivity index (χ4v) is 3.09. The van der Waals surface area contributed by atoms with Crippen molar-refractivity contribution in [3.8, 4) is 0 Å². The van der Waals surface area contributed by atoms with Crippen LogP contribution in [0.1, 0.15) is 38.7 Å². The van der Waals surface area contributed by atoms with Crippen molar-refractivity contribution in [3.63, 3.8) is 0 Å². The Balaban J connectivity index is 0.00000420. The van der Waals surface area contributed by atoms with E-state index in [9.17, 15) is 0 Å². The lowest BCUT2D eigenvalue weighted by Gasteiger charge is -2.34. The molecule has 8 heteroatoms. The lowest BCUT2D eigenvalue weighted by Crippen LogP contribution is -2.45. The zero-order chi connectivity index (χ0) is 20.0. The molecule has 0 spiro atoms. The molecule has 0 amide bonds. The molecule has 1 saturated heterocycles. The normalized spacial score (nSPS) is 15.1. The van der Waals surface area contributed by atoms with Gasteiger partial charge in [0, 0.05) is 64.2 Å². The Labute approximate surface area is 193 Å². The van der Waals surface area contributed by atoms with Crippen LogP contribution in [0.15, 0.2) is 23.3 Å². The highest BCUT2D eigenvalue weighted by molar-refractivity contribution is 14.0. The molecule has 0 radical (unpaired) electrons. The van der Waals surface area contributed by atoms with Crippen LogP contribution >= 0.6 is 24.0 Å². The topological polar surface area (TPSA) is 65.0 Å². The zero-order valence-electron chi connectivity index (χ0n) is 18.3. The van der Waals surface area contributed by atoms with Gasteiger partial charge in [-0.05, 0) is 32.9 Å². The first-order valence-electron chi connectivity index (χ1n) is 10.7. The van der Waals surface area contributed by atoms with Crippen LogP contribution in [-0.4, -0.2) is 75.4 Å². The standard InChI is InChI=1S/C21H38N6O.HI/c1-4-6-16-28-17-8-11-24-21(22-5-2)25-18-19-9-7-10-23-20(19)27-14-12-26(3)13-15-27;/h7,9-10H,4-6,8,11-18H2,1-3H3,(H2,22,24,25);1H. The fourth-order valence-electron chi connectivity index (χ4n) is 3.09. The lowest BCUT2D eigenvalue weighted by atomic mass is 10.2. The number of aromatic nitrogens is 1. The summed E-state index contributed by atoms with van der Waals surface area (Å²) < 4.78 is 5.62. The number of ether oxygens (including phenoxy) is 1. The quantitative estimate of drug-likeness (QED) is 0.203. The second-order valence-electron chi connectivity index (χ2n) is 7.22. The van der Waals surface area contributed by atoms with Crippen molar-refractivity contribution in [3.05, 3.63) is 23.9 Å². The van der Waals surface area contributed by atoms with Crippen LogP contribution in [0.4, 0.5) is 5.82 Å². The summed E-state index contributed by atoms with van der Waals surface area (Å²) in [6.07, 6.45) is 5.18. The predicted molar refractivity (Wildman–Crippen MR) is 133 cm³/mol. The number of guanidine groups is 1. The van der Waals surface area contributed by atoms with Crippen LogP contribution in [0.25, 0.3) is 0 Å². The summed E-state index contributed by atoms with van der Waals surface area (Å²) in [5.74, 6) is 1.92. The number of hydrogen-bond donors (Lipinski definition) is 2. The Hall–Kier alpha value is -1.13. The van der Waals surface area contributed by atoms with Gasteiger partial charge in [-0.25, -0.2) is 9.98 Å². The van der Waals surface area contributed by atoms with Gasteiger partial charge in [-0.15, -0.1) is 24.0 Å². The number of aliphatic imine (C=N–C) groups is 1. The van der Waals surface area contributed by atoms with Crippen LogP contribution in [0.5, 0.6) is 0 Å². The number of hydrogen-bond acceptors (Lipinski definition) is 5. The summed E-state index contributed by atoms with van der Waals surface area (Å²) >= 11 is 0. The molecule has 1 aromatic heterocycles. The maximum atomic E-state index is 5.62. The van der Waals surface area contributed by atoms with E-state index in [-0.39, 0.29) is 24.0 Å². The third-order valence-electron chi connectivity index (χ3n) is 4.82. The molecule has 0 aliphatic carbocycles. The number of nitrogens with one attached hydrogen (secondary N) is 2. The first-order chi connectivity index (χ1) is 13.7. The van der Waals surface area contributed by atoms with Gasteiger partial charge in [0.2, 0.25) is 0 Å². The molecule has 0 bridgehead atoms. The number of likely N-dealkylation sites (N-methyl/N-ethyl adjacent to an activating group) is 1. The van der Waals surface area contributed by atoms with E-state index in [2.05, 4.69) is 52.4 Å². The van der Waals surface area contributed by atoms with Gasteiger partial charge in [0.25, 0.3) is 0 Å². The Morgan fingerprint density at radius 2 is 1.90 bits per heavy atom. The van der Waals surface area contributed by atoms with E-state index in [1.807, 2.05) is 12.3 Å². The molecule has 0 atom stereocenters. The minimum absolute atomic E-state index is 0. The molecule has 7 nitrogen and oxygen atoms in total. The summed E-state index contributed by atoms with van der Waals surface area (Å²) in [4.78, 5) is 14.2. The zero-order valence-corrected chi connectivity index (χ0v) is 20.7. The van der Waals surface area contributed by atoms with E-state index in [1.54, 1.807) is 0 Å². The molecular weight excluding hydrogens is 479 g/mol. The molecule has 2 rings (SSSR count). The van der Waals surface area contributed by atoms with E-state index in [0.717, 1.165) is 77.1 Å². The van der Waals surface area contributed by atoms with E-state index in [0.29, 0.717) is 6.54 Å². The van der Waals surface area contributed by atoms with E-state index >= 15 is 0 Å². The maximum Gasteiger partial charge on any atom is 0.191 e. The molecular formula is C21H39IN6O. The van der Waals surface area contributed by atoms with Gasteiger partial charge >= 0.3 is 0 Å². The van der Waals surface area contributed by atoms with Crippen molar-refractivity contribution in [2.24, 2.45) is 4.99 Å². The van der Waals surface area contributed by atoms with Crippen molar-refractivity contribution in [1.82, 2.24) is 20.5 Å². The average molecular weight is 518 g/mol. The molecule has 2 N–H and O–H groups in total. The summed E-state index contributed by atoms with van der Waals surface area (Å²) in [6.45, 7) is 12.4. The largest absolute Gasteiger partial charge is 0.381 e. The van der Waals surface area contributed by atoms with Crippen molar-refractivity contribution >= 4 is 35.8 Å². The predicted octanol–water partition coefficient (Wildman–Crippen LogP) is 2.71. The first kappa shape index (κ1) is 25.9. The molecule has 29 heavy (non-hydrogen) atoms. The number of pyridine rings is 1. The lowest BCUT2D eigenvalue weighted by molar-refractivity contribution is 0.129. The van der Waals surface area contributed by atoms with Crippen LogP contribution in [-0.2, 0) is 11.3 Å². The molecule has 1 aromatic rings. The number of nitrogens with zero attached hydrogens (tertiary/aromatic N) is 4. The Bertz CT molecular complexity index is 578. The maximum absolute atomic E-state index is 5.62. The van der Waals surface area contributed by atoms with Gasteiger partial charge in [0.1, 0.15) is 5.82 Å². The van der Waals surface area contributed by atoms with Crippen molar-refractivity contribution in [1.29, 1.82) is 0 Å². The van der Waals surface area contributed by atoms with Crippen LogP contribution in [0.3, 0.4) is 0 Å². The van der Waals surface area contributed by atoms with Gasteiger partial charge in [-0.2, -0.15) is 0 Å². The Kier molecular flexibility index (Phi) is 14.0. The SMILES string of the molecule is CCCCOCCCNC(=NCc1cccnc1N1CCN(C)CC1)NCC.I. The van der Waals surface area contributed by atoms with Gasteiger partial charge in [0.05, 0.1) is 6.54 Å². The summed E-state index contributed by atoms with van der Waals surface area (Å²) in [5.41, 5.74) is 1.17. The second-order valence-corrected chi connectivity index (χ2v) is 7.22. The third kappa shape index (κ3) is 9.95. The molecule has 166 valence electrons. The highest BCUT2D eigenvalue weighted by Gasteiger charge is 2.17. The van der Waals surface area contributed by atoms with Crippen molar-refractivity contribution < 1.29 is 4.74 Å². The molecule has 0 saturated carbocycles. The van der Waals surface area contributed by atoms with Crippen molar-refractivity contribution in [2.45, 2.75) is 39.7 Å². The minimum atomic E-state index is 0. The molecule has 1 aliphatic heterocycles. The summed E-state index contributed by atoms with van der Waals surface area (Å²) in [7, 11) is 2.17. The second kappa shape index (κ2) is 15.7. The highest BCUT2D eigenvalue weighted by Crippen LogP contribution is 2.19. The number of halogens is 1. The van der Waals surface area contributed by atoms with Gasteiger partial charge in [-0.3, -0.25) is 0 Å². The number of unbranched alkanes of at least 4 members (excludes halogenated alkanes) is 1. The number of piperazine rings is 1. The van der Waals surface area contributed by atoms with Crippen molar-refractivity contribution in [2.75, 3.05) is 64.4 Å². The molecule has 1 aliphatic rings. The minimum Gasteiger partial charge on any atom is -0.381 e. The molecule has 0 aromatic carbocycles. The van der Waals surface area contributed by atoms with Gasteiger partial charge in [-0.1, -0.05) is 19.4 Å².